The lowest BCUT2D eigenvalue weighted by molar-refractivity contribution is -0.133. The van der Waals surface area contributed by atoms with Gasteiger partial charge in [-0.2, -0.15) is 0 Å². The third-order valence-electron chi connectivity index (χ3n) is 5.40. The van der Waals surface area contributed by atoms with Crippen LogP contribution in [0.3, 0.4) is 0 Å². The van der Waals surface area contributed by atoms with E-state index in [9.17, 15) is 23.6 Å². The molecule has 4 rings (SSSR count). The Kier molecular flexibility index (Phi) is 6.09. The second-order valence-electron chi connectivity index (χ2n) is 7.70. The predicted molar refractivity (Wildman–Crippen MR) is 122 cm³/mol. The number of aromatic carboxylic acids is 1. The van der Waals surface area contributed by atoms with Crippen molar-refractivity contribution in [3.8, 4) is 5.75 Å². The largest absolute Gasteiger partial charge is 0.478 e. The summed E-state index contributed by atoms with van der Waals surface area (Å²) in [6.07, 6.45) is -0.158. The smallest absolute Gasteiger partial charge is 0.335 e. The van der Waals surface area contributed by atoms with Gasteiger partial charge in [0, 0.05) is 0 Å². The molecule has 0 spiro atoms. The predicted octanol–water partition coefficient (Wildman–Crippen LogP) is 3.28. The van der Waals surface area contributed by atoms with E-state index in [0.717, 1.165) is 4.57 Å². The Balaban J connectivity index is 1.65. The third kappa shape index (κ3) is 4.63. The molecule has 0 aliphatic heterocycles. The molecular formula is C25H19FN2O6. The molecule has 0 fully saturated rings. The number of hydrogen-bond acceptors (Lipinski definition) is 5. The maximum absolute atomic E-state index is 13.3. The van der Waals surface area contributed by atoms with E-state index in [1.807, 2.05) is 0 Å². The molecule has 8 nitrogen and oxygen atoms in total. The molecule has 0 aliphatic rings. The van der Waals surface area contributed by atoms with Gasteiger partial charge in [-0.15, -0.1) is 0 Å². The van der Waals surface area contributed by atoms with Crippen molar-refractivity contribution in [1.82, 2.24) is 9.55 Å². The van der Waals surface area contributed by atoms with Crippen LogP contribution in [0.25, 0.3) is 10.9 Å². The molecule has 2 N–H and O–H groups in total. The number of carboxylic acids is 1. The number of fused-ring (bicyclic) bond motifs is 1. The summed E-state index contributed by atoms with van der Waals surface area (Å²) < 4.78 is 19.7. The van der Waals surface area contributed by atoms with Gasteiger partial charge in [0.2, 0.25) is 0 Å². The zero-order valence-electron chi connectivity index (χ0n) is 17.9. The van der Waals surface area contributed by atoms with Gasteiger partial charge in [0.1, 0.15) is 11.6 Å². The van der Waals surface area contributed by atoms with Gasteiger partial charge in [-0.1, -0.05) is 24.3 Å². The standard InChI is InChI=1S/C25H19FN2O6/c1-14(16-5-7-17(8-6-16)24(31)32)28-23(30)20-13-19(9-10-21(20)27-25(28)33)34-22(29)12-15-3-2-4-18(26)11-15/h2-11,13-14H,12H2,1H3,(H,27,33)(H,31,32). The van der Waals surface area contributed by atoms with Crippen molar-refractivity contribution < 1.29 is 23.8 Å². The summed E-state index contributed by atoms with van der Waals surface area (Å²) in [4.78, 5) is 51.8. The second kappa shape index (κ2) is 9.14. The summed E-state index contributed by atoms with van der Waals surface area (Å²) >= 11 is 0. The van der Waals surface area contributed by atoms with Gasteiger partial charge < -0.3 is 14.8 Å². The normalized spacial score (nSPS) is 11.8. The molecule has 1 aromatic heterocycles. The highest BCUT2D eigenvalue weighted by Crippen LogP contribution is 2.20. The zero-order chi connectivity index (χ0) is 24.4. The van der Waals surface area contributed by atoms with Crippen molar-refractivity contribution in [2.45, 2.75) is 19.4 Å². The van der Waals surface area contributed by atoms with Gasteiger partial charge in [0.25, 0.3) is 5.56 Å². The SMILES string of the molecule is CC(c1ccc(C(=O)O)cc1)n1c(=O)[nH]c2ccc(OC(=O)Cc3cccc(F)c3)cc2c1=O. The summed E-state index contributed by atoms with van der Waals surface area (Å²) in [5.74, 6) is -2.09. The number of carbonyl (C=O) groups excluding carboxylic acids is 1. The Hall–Kier alpha value is -4.53. The molecule has 0 radical (unpaired) electrons. The first-order valence-electron chi connectivity index (χ1n) is 10.3. The van der Waals surface area contributed by atoms with Crippen LogP contribution in [0.5, 0.6) is 5.75 Å². The lowest BCUT2D eigenvalue weighted by Crippen LogP contribution is -2.37. The van der Waals surface area contributed by atoms with Crippen LogP contribution in [0.2, 0.25) is 0 Å². The van der Waals surface area contributed by atoms with E-state index in [1.54, 1.807) is 13.0 Å². The van der Waals surface area contributed by atoms with Gasteiger partial charge >= 0.3 is 17.6 Å². The van der Waals surface area contributed by atoms with E-state index >= 15 is 0 Å². The number of carbonyl (C=O) groups is 2. The van der Waals surface area contributed by atoms with Crippen molar-refractivity contribution in [1.29, 1.82) is 0 Å². The molecule has 0 saturated carbocycles. The van der Waals surface area contributed by atoms with Crippen LogP contribution in [0.4, 0.5) is 4.39 Å². The fraction of sp³-hybridized carbons (Fsp3) is 0.120. The van der Waals surface area contributed by atoms with Crippen LogP contribution < -0.4 is 16.0 Å². The Morgan fingerprint density at radius 3 is 2.47 bits per heavy atom. The highest BCUT2D eigenvalue weighted by molar-refractivity contribution is 5.87. The number of aromatic amines is 1. The molecule has 172 valence electrons. The minimum atomic E-state index is -1.08. The van der Waals surface area contributed by atoms with Crippen LogP contribution in [-0.2, 0) is 11.2 Å². The first kappa shape index (κ1) is 22.7. The minimum Gasteiger partial charge on any atom is -0.478 e. The molecule has 1 unspecified atom stereocenters. The zero-order valence-corrected chi connectivity index (χ0v) is 17.9. The molecule has 0 aliphatic carbocycles. The summed E-state index contributed by atoms with van der Waals surface area (Å²) in [7, 11) is 0. The van der Waals surface area contributed by atoms with Gasteiger partial charge in [0.15, 0.2) is 0 Å². The fourth-order valence-electron chi connectivity index (χ4n) is 3.66. The fourth-order valence-corrected chi connectivity index (χ4v) is 3.66. The van der Waals surface area contributed by atoms with Gasteiger partial charge in [-0.3, -0.25) is 14.2 Å². The van der Waals surface area contributed by atoms with Crippen molar-refractivity contribution in [2.75, 3.05) is 0 Å². The van der Waals surface area contributed by atoms with Crippen molar-refractivity contribution in [3.05, 3.63) is 110 Å². The molecule has 4 aromatic rings. The van der Waals surface area contributed by atoms with Crippen LogP contribution >= 0.6 is 0 Å². The van der Waals surface area contributed by atoms with Crippen molar-refractivity contribution in [2.24, 2.45) is 0 Å². The summed E-state index contributed by atoms with van der Waals surface area (Å²) in [5.41, 5.74) is 0.125. The summed E-state index contributed by atoms with van der Waals surface area (Å²) in [6.45, 7) is 1.64. The quantitative estimate of drug-likeness (QED) is 0.335. The van der Waals surface area contributed by atoms with Crippen LogP contribution in [0, 0.1) is 5.82 Å². The van der Waals surface area contributed by atoms with E-state index in [2.05, 4.69) is 4.98 Å². The lowest BCUT2D eigenvalue weighted by Gasteiger charge is -2.15. The van der Waals surface area contributed by atoms with E-state index in [4.69, 9.17) is 9.84 Å². The molecule has 1 heterocycles. The van der Waals surface area contributed by atoms with E-state index in [0.29, 0.717) is 11.1 Å². The van der Waals surface area contributed by atoms with E-state index < -0.39 is 35.0 Å². The Morgan fingerprint density at radius 1 is 1.06 bits per heavy atom. The Bertz CT molecular complexity index is 1520. The first-order valence-corrected chi connectivity index (χ1v) is 10.3. The Labute approximate surface area is 191 Å². The molecule has 9 heteroatoms. The van der Waals surface area contributed by atoms with E-state index in [1.165, 1.54) is 60.7 Å². The van der Waals surface area contributed by atoms with Crippen molar-refractivity contribution in [3.63, 3.8) is 0 Å². The van der Waals surface area contributed by atoms with Crippen LogP contribution in [0.1, 0.15) is 34.5 Å². The monoisotopic (exact) mass is 462 g/mol. The molecule has 34 heavy (non-hydrogen) atoms. The third-order valence-corrected chi connectivity index (χ3v) is 5.40. The van der Waals surface area contributed by atoms with Gasteiger partial charge in [-0.25, -0.2) is 14.0 Å². The van der Waals surface area contributed by atoms with Crippen molar-refractivity contribution >= 4 is 22.8 Å². The number of halogens is 1. The number of aromatic nitrogens is 2. The summed E-state index contributed by atoms with van der Waals surface area (Å²) in [5, 5.41) is 9.19. The molecule has 0 amide bonds. The molecular weight excluding hydrogens is 443 g/mol. The maximum atomic E-state index is 13.3. The molecule has 3 aromatic carbocycles. The van der Waals surface area contributed by atoms with Gasteiger partial charge in [-0.05, 0) is 60.5 Å². The molecule has 0 bridgehead atoms. The number of H-pyrrole nitrogens is 1. The highest BCUT2D eigenvalue weighted by atomic mass is 19.1. The van der Waals surface area contributed by atoms with E-state index in [-0.39, 0.29) is 28.6 Å². The number of esters is 1. The highest BCUT2D eigenvalue weighted by Gasteiger charge is 2.17. The molecule has 1 atom stereocenters. The van der Waals surface area contributed by atoms with Crippen LogP contribution in [-0.4, -0.2) is 26.6 Å². The average molecular weight is 462 g/mol. The number of ether oxygens (including phenoxy) is 1. The number of rotatable bonds is 6. The topological polar surface area (TPSA) is 118 Å². The number of benzene rings is 3. The Morgan fingerprint density at radius 2 is 1.79 bits per heavy atom. The van der Waals surface area contributed by atoms with Gasteiger partial charge in [0.05, 0.1) is 28.9 Å². The maximum Gasteiger partial charge on any atom is 0.335 e. The lowest BCUT2D eigenvalue weighted by atomic mass is 10.1. The molecule has 0 saturated heterocycles. The average Bonchev–Trinajstić information content (AvgIpc) is 2.79. The minimum absolute atomic E-state index is 0.0837. The van der Waals surface area contributed by atoms with Crippen LogP contribution in [0.15, 0.2) is 76.3 Å². The summed E-state index contributed by atoms with van der Waals surface area (Å²) in [6, 6.07) is 15.0. The number of nitrogens with zero attached hydrogens (tertiary/aromatic N) is 1. The second-order valence-corrected chi connectivity index (χ2v) is 7.70. The first-order chi connectivity index (χ1) is 16.2. The number of nitrogens with one attached hydrogen (secondary N) is 1. The number of carboxylic acid groups (broad SMARTS) is 1. The number of hydrogen-bond donors (Lipinski definition) is 2.